The van der Waals surface area contributed by atoms with Crippen molar-refractivity contribution in [1.29, 1.82) is 0 Å². The predicted octanol–water partition coefficient (Wildman–Crippen LogP) is 6.18. The Morgan fingerprint density at radius 3 is 2.33 bits per heavy atom. The Balaban J connectivity index is 1.54. The molecule has 1 amide bonds. The number of hydrogen-bond acceptors (Lipinski definition) is 5. The average molecular weight is 542 g/mol. The number of aromatic carboxylic acids is 1. The first-order valence-electron chi connectivity index (χ1n) is 14.2. The maximum Gasteiger partial charge on any atom is 0.335 e. The normalized spacial score (nSPS) is 16.5. The maximum atomic E-state index is 13.6. The number of ether oxygens (including phenoxy) is 1. The second kappa shape index (κ2) is 10.9. The van der Waals surface area contributed by atoms with Gasteiger partial charge in [0.2, 0.25) is 5.91 Å². The van der Waals surface area contributed by atoms with E-state index >= 15 is 0 Å². The Morgan fingerprint density at radius 2 is 1.68 bits per heavy atom. The molecule has 0 radical (unpaired) electrons. The highest BCUT2D eigenvalue weighted by atomic mass is 16.5. The fourth-order valence-electron chi connectivity index (χ4n) is 6.53. The van der Waals surface area contributed by atoms with Crippen LogP contribution in [-0.4, -0.2) is 57.9 Å². The Morgan fingerprint density at radius 1 is 0.975 bits per heavy atom. The first-order chi connectivity index (χ1) is 19.4. The molecule has 1 aliphatic carbocycles. The quantitative estimate of drug-likeness (QED) is 0.313. The number of aryl methyl sites for hydroxylation is 2. The van der Waals surface area contributed by atoms with Gasteiger partial charge in [-0.3, -0.25) is 4.79 Å². The summed E-state index contributed by atoms with van der Waals surface area (Å²) in [5, 5.41) is 15.0. The molecule has 3 heterocycles. The summed E-state index contributed by atoms with van der Waals surface area (Å²) in [6.07, 6.45) is 5.74. The Kier molecular flexibility index (Phi) is 7.19. The first kappa shape index (κ1) is 26.3. The van der Waals surface area contributed by atoms with Crippen molar-refractivity contribution in [2.24, 2.45) is 0 Å². The average Bonchev–Trinajstić information content (AvgIpc) is 3.49. The van der Waals surface area contributed by atoms with Gasteiger partial charge in [-0.05, 0) is 61.4 Å². The zero-order chi connectivity index (χ0) is 27.8. The number of fused-ring (bicyclic) bond motifs is 1. The molecule has 0 unspecified atom stereocenters. The number of nitrogens with zero attached hydrogens (tertiary/aromatic N) is 3. The number of carboxylic acid groups (broad SMARTS) is 1. The van der Waals surface area contributed by atoms with Crippen molar-refractivity contribution in [3.8, 4) is 22.4 Å². The molecule has 208 valence electrons. The fraction of sp³-hybridized carbons (Fsp3) is 0.406. The van der Waals surface area contributed by atoms with E-state index in [1.165, 1.54) is 24.8 Å². The number of morpholine rings is 1. The SMILES string of the molecule is Cc1noc(C)c1-c1ccc(-c2c(C3CCCCC3)c3ccc(C(=O)O)cc3n2CC(=O)N2CCOCC2)cc1. The third-order valence-corrected chi connectivity index (χ3v) is 8.50. The van der Waals surface area contributed by atoms with E-state index in [4.69, 9.17) is 9.26 Å². The third kappa shape index (κ3) is 4.81. The van der Waals surface area contributed by atoms with Gasteiger partial charge in [0, 0.05) is 24.0 Å². The van der Waals surface area contributed by atoms with Crippen LogP contribution in [0.15, 0.2) is 47.0 Å². The molecule has 0 spiro atoms. The van der Waals surface area contributed by atoms with Crippen molar-refractivity contribution in [1.82, 2.24) is 14.6 Å². The standard InChI is InChI=1S/C32H35N3O5/c1-20-29(21(2)40-33-20)23-8-10-24(11-9-23)31-30(22-6-4-3-5-7-22)26-13-12-25(32(37)38)18-27(26)35(31)19-28(36)34-14-16-39-17-15-34/h8-13,18,22H,3-7,14-17,19H2,1-2H3,(H,37,38). The van der Waals surface area contributed by atoms with E-state index in [1.807, 2.05) is 24.8 Å². The summed E-state index contributed by atoms with van der Waals surface area (Å²) in [5.74, 6) is 0.173. The van der Waals surface area contributed by atoms with Crippen LogP contribution in [0, 0.1) is 13.8 Å². The van der Waals surface area contributed by atoms with Crippen molar-refractivity contribution in [3.63, 3.8) is 0 Å². The Labute approximate surface area is 233 Å². The topological polar surface area (TPSA) is 97.8 Å². The highest BCUT2D eigenvalue weighted by Gasteiger charge is 2.29. The summed E-state index contributed by atoms with van der Waals surface area (Å²) in [5.41, 5.74) is 7.14. The van der Waals surface area contributed by atoms with Gasteiger partial charge >= 0.3 is 5.97 Å². The molecule has 4 aromatic rings. The van der Waals surface area contributed by atoms with Crippen LogP contribution in [0.5, 0.6) is 0 Å². The number of benzene rings is 2. The van der Waals surface area contributed by atoms with Gasteiger partial charge in [-0.2, -0.15) is 0 Å². The molecule has 40 heavy (non-hydrogen) atoms. The molecule has 8 heteroatoms. The van der Waals surface area contributed by atoms with E-state index in [0.717, 1.165) is 57.6 Å². The lowest BCUT2D eigenvalue weighted by Gasteiger charge is -2.28. The number of carbonyl (C=O) groups excluding carboxylic acids is 1. The molecule has 1 saturated heterocycles. The minimum atomic E-state index is -0.973. The first-order valence-corrected chi connectivity index (χ1v) is 14.2. The minimum Gasteiger partial charge on any atom is -0.478 e. The van der Waals surface area contributed by atoms with Crippen molar-refractivity contribution >= 4 is 22.8 Å². The van der Waals surface area contributed by atoms with Gasteiger partial charge < -0.3 is 23.8 Å². The van der Waals surface area contributed by atoms with Gasteiger partial charge in [-0.25, -0.2) is 4.79 Å². The van der Waals surface area contributed by atoms with Gasteiger partial charge in [-0.1, -0.05) is 54.8 Å². The van der Waals surface area contributed by atoms with Crippen molar-refractivity contribution in [3.05, 3.63) is 65.0 Å². The van der Waals surface area contributed by atoms with E-state index in [-0.39, 0.29) is 18.0 Å². The van der Waals surface area contributed by atoms with Gasteiger partial charge in [-0.15, -0.1) is 0 Å². The van der Waals surface area contributed by atoms with Crippen molar-refractivity contribution in [2.45, 2.75) is 58.4 Å². The third-order valence-electron chi connectivity index (χ3n) is 8.50. The van der Waals surface area contributed by atoms with Crippen LogP contribution < -0.4 is 0 Å². The smallest absolute Gasteiger partial charge is 0.335 e. The summed E-state index contributed by atoms with van der Waals surface area (Å²) in [4.78, 5) is 27.4. The number of amides is 1. The molecule has 0 bridgehead atoms. The number of hydrogen-bond donors (Lipinski definition) is 1. The number of aromatic nitrogens is 2. The number of carbonyl (C=O) groups is 2. The summed E-state index contributed by atoms with van der Waals surface area (Å²) < 4.78 is 12.9. The summed E-state index contributed by atoms with van der Waals surface area (Å²) >= 11 is 0. The molecular formula is C32H35N3O5. The maximum absolute atomic E-state index is 13.6. The van der Waals surface area contributed by atoms with Crippen LogP contribution in [0.3, 0.4) is 0 Å². The van der Waals surface area contributed by atoms with Gasteiger partial charge in [0.05, 0.1) is 35.7 Å². The molecule has 2 aromatic carbocycles. The molecule has 1 N–H and O–H groups in total. The minimum absolute atomic E-state index is 0.0183. The summed E-state index contributed by atoms with van der Waals surface area (Å²) in [6, 6.07) is 13.8. The Bertz CT molecular complexity index is 1530. The lowest BCUT2D eigenvalue weighted by atomic mass is 9.81. The lowest BCUT2D eigenvalue weighted by Crippen LogP contribution is -2.42. The summed E-state index contributed by atoms with van der Waals surface area (Å²) in [7, 11) is 0. The molecule has 2 aliphatic rings. The zero-order valence-electron chi connectivity index (χ0n) is 23.1. The van der Waals surface area contributed by atoms with Crippen LogP contribution in [-0.2, 0) is 16.1 Å². The molecule has 2 fully saturated rings. The molecule has 0 atom stereocenters. The van der Waals surface area contributed by atoms with Gasteiger partial charge in [0.15, 0.2) is 0 Å². The number of carboxylic acids is 1. The van der Waals surface area contributed by atoms with Crippen molar-refractivity contribution < 1.29 is 24.0 Å². The van der Waals surface area contributed by atoms with Crippen LogP contribution in [0.1, 0.15) is 65.4 Å². The molecular weight excluding hydrogens is 506 g/mol. The van der Waals surface area contributed by atoms with Crippen molar-refractivity contribution in [2.75, 3.05) is 26.3 Å². The second-order valence-electron chi connectivity index (χ2n) is 11.0. The molecule has 2 aromatic heterocycles. The lowest BCUT2D eigenvalue weighted by molar-refractivity contribution is -0.135. The van der Waals surface area contributed by atoms with Crippen LogP contribution in [0.2, 0.25) is 0 Å². The van der Waals surface area contributed by atoms with Crippen LogP contribution >= 0.6 is 0 Å². The van der Waals surface area contributed by atoms with Crippen LogP contribution in [0.4, 0.5) is 0 Å². The zero-order valence-corrected chi connectivity index (χ0v) is 23.1. The largest absolute Gasteiger partial charge is 0.478 e. The molecule has 8 nitrogen and oxygen atoms in total. The fourth-order valence-corrected chi connectivity index (χ4v) is 6.53. The highest BCUT2D eigenvalue weighted by Crippen LogP contribution is 2.45. The van der Waals surface area contributed by atoms with E-state index in [1.54, 1.807) is 12.1 Å². The van der Waals surface area contributed by atoms with E-state index < -0.39 is 5.97 Å². The van der Waals surface area contributed by atoms with Gasteiger partial charge in [0.1, 0.15) is 12.3 Å². The summed E-state index contributed by atoms with van der Waals surface area (Å²) in [6.45, 7) is 6.20. The van der Waals surface area contributed by atoms with Gasteiger partial charge in [0.25, 0.3) is 0 Å². The van der Waals surface area contributed by atoms with Crippen LogP contribution in [0.25, 0.3) is 33.3 Å². The Hall–Kier alpha value is -3.91. The molecule has 1 aliphatic heterocycles. The van der Waals surface area contributed by atoms with E-state index in [9.17, 15) is 14.7 Å². The molecule has 6 rings (SSSR count). The number of rotatable bonds is 6. The highest BCUT2D eigenvalue weighted by molar-refractivity contribution is 5.99. The van der Waals surface area contributed by atoms with E-state index in [0.29, 0.717) is 32.2 Å². The van der Waals surface area contributed by atoms with E-state index in [2.05, 4.69) is 34.0 Å². The second-order valence-corrected chi connectivity index (χ2v) is 11.0. The predicted molar refractivity (Wildman–Crippen MR) is 153 cm³/mol. The molecule has 1 saturated carbocycles. The monoisotopic (exact) mass is 541 g/mol.